The van der Waals surface area contributed by atoms with Crippen molar-refractivity contribution in [2.45, 2.75) is 83.0 Å². The monoisotopic (exact) mass is 392 g/mol. The van der Waals surface area contributed by atoms with Gasteiger partial charge in [0.25, 0.3) is 0 Å². The average Bonchev–Trinajstić information content (AvgIpc) is 2.78. The van der Waals surface area contributed by atoms with Crippen LogP contribution in [0, 0.1) is 30.1 Å². The van der Waals surface area contributed by atoms with E-state index in [1.54, 1.807) is 0 Å². The Morgan fingerprint density at radius 1 is 1.14 bits per heavy atom. The van der Waals surface area contributed by atoms with Gasteiger partial charge >= 0.3 is 5.97 Å². The molecule has 29 heavy (non-hydrogen) atoms. The van der Waals surface area contributed by atoms with E-state index in [1.807, 2.05) is 18.2 Å². The number of hydrogen-bond acceptors (Lipinski definition) is 2. The minimum absolute atomic E-state index is 0.0380. The first kappa shape index (κ1) is 21.7. The van der Waals surface area contributed by atoms with Crippen molar-refractivity contribution >= 4 is 5.97 Å². The summed E-state index contributed by atoms with van der Waals surface area (Å²) in [6.07, 6.45) is 20.1. The number of carbonyl (C=O) groups excluding carboxylic acids is 1. The molecule has 0 heterocycles. The van der Waals surface area contributed by atoms with E-state index < -0.39 is 0 Å². The summed E-state index contributed by atoms with van der Waals surface area (Å²) in [5, 5.41) is 0. The molecule has 0 bridgehead atoms. The number of rotatable bonds is 7. The molecule has 3 rings (SSSR count). The lowest BCUT2D eigenvalue weighted by molar-refractivity contribution is -0.140. The van der Waals surface area contributed by atoms with Gasteiger partial charge in [0.05, 0.1) is 11.3 Å². The number of ether oxygens (including phenoxy) is 1. The molecule has 1 aromatic rings. The average molecular weight is 393 g/mol. The normalized spacial score (nSPS) is 29.6. The van der Waals surface area contributed by atoms with Crippen molar-refractivity contribution in [2.75, 3.05) is 0 Å². The van der Waals surface area contributed by atoms with Gasteiger partial charge in [-0.3, -0.25) is 4.79 Å². The summed E-state index contributed by atoms with van der Waals surface area (Å²) in [7, 11) is 0. The third-order valence-corrected chi connectivity index (χ3v) is 7.40. The third-order valence-electron chi connectivity index (χ3n) is 7.40. The lowest BCUT2D eigenvalue weighted by atomic mass is 9.67. The van der Waals surface area contributed by atoms with Crippen molar-refractivity contribution in [3.63, 3.8) is 0 Å². The maximum Gasteiger partial charge on any atom is 0.314 e. The molecule has 1 aromatic carbocycles. The molecule has 0 amide bonds. The predicted octanol–water partition coefficient (Wildman–Crippen LogP) is 6.84. The van der Waals surface area contributed by atoms with Crippen LogP contribution in [-0.4, -0.2) is 5.97 Å². The van der Waals surface area contributed by atoms with Crippen LogP contribution in [-0.2, 0) is 10.2 Å². The standard InChI is InChI=1S/C27H36O2/c1-4-7-8-22-9-11-23(12-10-22)26(28)29-25-15-13-24(14-16-25)27(6-3)19-17-21(5-2)18-20-27/h3-4,13-16,21-23H,1,5,7-12,17-20H2,2H3. The van der Waals surface area contributed by atoms with Gasteiger partial charge in [-0.15, -0.1) is 13.0 Å². The molecule has 156 valence electrons. The van der Waals surface area contributed by atoms with Crippen molar-refractivity contribution in [1.29, 1.82) is 0 Å². The molecule has 0 aliphatic heterocycles. The summed E-state index contributed by atoms with van der Waals surface area (Å²) in [6, 6.07) is 7.99. The molecule has 2 aliphatic carbocycles. The zero-order valence-corrected chi connectivity index (χ0v) is 18.0. The van der Waals surface area contributed by atoms with Crippen LogP contribution < -0.4 is 4.74 Å². The minimum atomic E-state index is -0.155. The predicted molar refractivity (Wildman–Crippen MR) is 120 cm³/mol. The van der Waals surface area contributed by atoms with Crippen LogP contribution in [0.15, 0.2) is 36.9 Å². The maximum absolute atomic E-state index is 12.6. The Bertz CT molecular complexity index is 708. The van der Waals surface area contributed by atoms with Gasteiger partial charge in [0.15, 0.2) is 0 Å². The molecule has 2 saturated carbocycles. The summed E-state index contributed by atoms with van der Waals surface area (Å²) >= 11 is 0. The number of terminal acetylenes is 1. The molecule has 0 radical (unpaired) electrons. The van der Waals surface area contributed by atoms with E-state index in [0.29, 0.717) is 5.75 Å². The molecule has 0 atom stereocenters. The zero-order chi connectivity index (χ0) is 20.7. The van der Waals surface area contributed by atoms with Gasteiger partial charge in [-0.25, -0.2) is 0 Å². The summed E-state index contributed by atoms with van der Waals surface area (Å²) in [6.45, 7) is 6.07. The van der Waals surface area contributed by atoms with Gasteiger partial charge in [0.2, 0.25) is 0 Å². The van der Waals surface area contributed by atoms with Crippen LogP contribution in [0.1, 0.15) is 83.1 Å². The van der Waals surface area contributed by atoms with Crippen molar-refractivity contribution in [2.24, 2.45) is 17.8 Å². The highest BCUT2D eigenvalue weighted by Crippen LogP contribution is 2.42. The highest BCUT2D eigenvalue weighted by Gasteiger charge is 2.35. The van der Waals surface area contributed by atoms with Gasteiger partial charge in [-0.1, -0.05) is 37.5 Å². The summed E-state index contributed by atoms with van der Waals surface area (Å²) in [5.74, 6) is 5.24. The molecule has 0 spiro atoms. The van der Waals surface area contributed by atoms with Crippen molar-refractivity contribution in [3.8, 4) is 18.1 Å². The van der Waals surface area contributed by atoms with Crippen LogP contribution in [0.25, 0.3) is 0 Å². The highest BCUT2D eigenvalue weighted by molar-refractivity contribution is 5.75. The van der Waals surface area contributed by atoms with Crippen molar-refractivity contribution in [1.82, 2.24) is 0 Å². The summed E-state index contributed by atoms with van der Waals surface area (Å²) in [5.41, 5.74) is 1.04. The number of benzene rings is 1. The number of hydrogen-bond donors (Lipinski definition) is 0. The van der Waals surface area contributed by atoms with Crippen LogP contribution >= 0.6 is 0 Å². The summed E-state index contributed by atoms with van der Waals surface area (Å²) in [4.78, 5) is 12.6. The van der Waals surface area contributed by atoms with Gasteiger partial charge in [0.1, 0.15) is 5.75 Å². The molecule has 0 aromatic heterocycles. The maximum atomic E-state index is 12.6. The van der Waals surface area contributed by atoms with E-state index in [9.17, 15) is 4.79 Å². The van der Waals surface area contributed by atoms with Crippen LogP contribution in [0.2, 0.25) is 0 Å². The SMILES string of the molecule is C#CC1(c2ccc(OC(=O)C3CCC(CCC=C)CC3)cc2)CCC(CC)CC1. The van der Waals surface area contributed by atoms with Crippen molar-refractivity contribution < 1.29 is 9.53 Å². The molecule has 2 aliphatic rings. The van der Waals surface area contributed by atoms with Crippen molar-refractivity contribution in [3.05, 3.63) is 42.5 Å². The quantitative estimate of drug-likeness (QED) is 0.220. The fourth-order valence-electron chi connectivity index (χ4n) is 5.18. The first-order valence-electron chi connectivity index (χ1n) is 11.5. The number of esters is 1. The Morgan fingerprint density at radius 2 is 1.79 bits per heavy atom. The van der Waals surface area contributed by atoms with E-state index >= 15 is 0 Å². The van der Waals surface area contributed by atoms with E-state index in [4.69, 9.17) is 11.2 Å². The van der Waals surface area contributed by atoms with E-state index in [-0.39, 0.29) is 17.3 Å². The Labute approximate surface area is 177 Å². The first-order valence-corrected chi connectivity index (χ1v) is 11.5. The number of carbonyl (C=O) groups is 1. The second-order valence-electron chi connectivity index (χ2n) is 9.11. The lowest BCUT2D eigenvalue weighted by Crippen LogP contribution is -2.30. The number of allylic oxidation sites excluding steroid dienone is 1. The minimum Gasteiger partial charge on any atom is -0.426 e. The third kappa shape index (κ3) is 5.33. The Balaban J connectivity index is 1.55. The Kier molecular flexibility index (Phi) is 7.59. The molecule has 2 nitrogen and oxygen atoms in total. The van der Waals surface area contributed by atoms with E-state index in [1.165, 1.54) is 31.2 Å². The van der Waals surface area contributed by atoms with Gasteiger partial charge in [0, 0.05) is 0 Å². The molecule has 0 saturated heterocycles. The van der Waals surface area contributed by atoms with E-state index in [2.05, 4.69) is 31.6 Å². The fraction of sp³-hybridized carbons (Fsp3) is 0.593. The van der Waals surface area contributed by atoms with Gasteiger partial charge < -0.3 is 4.74 Å². The molecule has 0 N–H and O–H groups in total. The van der Waals surface area contributed by atoms with Gasteiger partial charge in [-0.05, 0) is 93.7 Å². The molecule has 2 fully saturated rings. The largest absolute Gasteiger partial charge is 0.426 e. The second kappa shape index (κ2) is 10.1. The smallest absolute Gasteiger partial charge is 0.314 e. The molecular formula is C27H36O2. The molecular weight excluding hydrogens is 356 g/mol. The van der Waals surface area contributed by atoms with Gasteiger partial charge in [-0.2, -0.15) is 0 Å². The first-order chi connectivity index (χ1) is 14.1. The van der Waals surface area contributed by atoms with Crippen LogP contribution in [0.5, 0.6) is 5.75 Å². The summed E-state index contributed by atoms with van der Waals surface area (Å²) < 4.78 is 5.71. The van der Waals surface area contributed by atoms with E-state index in [0.717, 1.165) is 56.8 Å². The Morgan fingerprint density at radius 3 is 2.34 bits per heavy atom. The second-order valence-corrected chi connectivity index (χ2v) is 9.11. The lowest BCUT2D eigenvalue weighted by Gasteiger charge is -2.36. The van der Waals surface area contributed by atoms with Crippen LogP contribution in [0.3, 0.4) is 0 Å². The highest BCUT2D eigenvalue weighted by atomic mass is 16.5. The zero-order valence-electron chi connectivity index (χ0n) is 18.0. The Hall–Kier alpha value is -2.01. The molecule has 0 unspecified atom stereocenters. The molecule has 2 heteroatoms. The topological polar surface area (TPSA) is 26.3 Å². The fourth-order valence-corrected chi connectivity index (χ4v) is 5.18. The van der Waals surface area contributed by atoms with Crippen LogP contribution in [0.4, 0.5) is 0 Å².